The van der Waals surface area contributed by atoms with Gasteiger partial charge >= 0.3 is 0 Å². The van der Waals surface area contributed by atoms with E-state index >= 15 is 0 Å². The van der Waals surface area contributed by atoms with E-state index in [1.165, 1.54) is 13.1 Å². The maximum atomic E-state index is 12.2. The Morgan fingerprint density at radius 3 is 2.46 bits per heavy atom. The molecule has 1 amide bonds. The fraction of sp³-hybridized carbons (Fsp3) is 0.111. The van der Waals surface area contributed by atoms with E-state index in [1.807, 2.05) is 7.05 Å². The smallest absolute Gasteiger partial charge is 0.249 e. The number of hydrogen-bond donors (Lipinski definition) is 2. The van der Waals surface area contributed by atoms with Crippen LogP contribution in [0, 0.1) is 0 Å². The van der Waals surface area contributed by atoms with Crippen LogP contribution in [0.1, 0.15) is 10.4 Å². The van der Waals surface area contributed by atoms with Crippen molar-refractivity contribution < 1.29 is 13.2 Å². The van der Waals surface area contributed by atoms with Gasteiger partial charge in [0, 0.05) is 24.4 Å². The molecule has 0 saturated carbocycles. The average molecular weight is 370 g/mol. The van der Waals surface area contributed by atoms with Crippen LogP contribution in [0.4, 0.5) is 0 Å². The molecule has 3 aromatic rings. The first-order valence-corrected chi connectivity index (χ1v) is 9.27. The topological polar surface area (TPSA) is 107 Å². The molecule has 1 heterocycles. The van der Waals surface area contributed by atoms with Crippen molar-refractivity contribution in [2.75, 3.05) is 7.05 Å². The van der Waals surface area contributed by atoms with Gasteiger partial charge in [0.15, 0.2) is 0 Å². The molecule has 3 rings (SSSR count). The lowest BCUT2D eigenvalue weighted by atomic mass is 9.94. The third kappa shape index (κ3) is 3.24. The summed E-state index contributed by atoms with van der Waals surface area (Å²) >= 11 is 0. The average Bonchev–Trinajstić information content (AvgIpc) is 3.07. The van der Waals surface area contributed by atoms with Gasteiger partial charge in [0.1, 0.15) is 0 Å². The van der Waals surface area contributed by atoms with E-state index < -0.39 is 15.9 Å². The summed E-state index contributed by atoms with van der Waals surface area (Å²) in [6, 6.07) is 11.6. The van der Waals surface area contributed by atoms with Gasteiger partial charge in [-0.1, -0.05) is 24.3 Å². The molecule has 3 N–H and O–H groups in total. The van der Waals surface area contributed by atoms with Crippen LogP contribution in [-0.4, -0.2) is 30.9 Å². The molecule has 134 valence electrons. The molecule has 0 aliphatic carbocycles. The van der Waals surface area contributed by atoms with E-state index in [4.69, 9.17) is 5.73 Å². The number of benzene rings is 2. The Bertz CT molecular complexity index is 1090. The Balaban J connectivity index is 2.31. The number of carbonyl (C=O) groups excluding carboxylic acids is 1. The van der Waals surface area contributed by atoms with Crippen LogP contribution in [-0.2, 0) is 17.1 Å². The van der Waals surface area contributed by atoms with Crippen LogP contribution < -0.4 is 10.5 Å². The molecular formula is C18H18N4O3S. The zero-order valence-electron chi connectivity index (χ0n) is 14.3. The minimum Gasteiger partial charge on any atom is -0.366 e. The minimum absolute atomic E-state index is 0.112. The molecule has 26 heavy (non-hydrogen) atoms. The van der Waals surface area contributed by atoms with Gasteiger partial charge in [0.25, 0.3) is 0 Å². The first-order valence-electron chi connectivity index (χ1n) is 7.78. The molecule has 1 aromatic heterocycles. The Hall–Kier alpha value is -2.97. The maximum absolute atomic E-state index is 12.2. The first kappa shape index (κ1) is 17.8. The van der Waals surface area contributed by atoms with Crippen molar-refractivity contribution in [3.05, 3.63) is 60.6 Å². The van der Waals surface area contributed by atoms with Crippen molar-refractivity contribution >= 4 is 15.9 Å². The Morgan fingerprint density at radius 2 is 1.85 bits per heavy atom. The molecular weight excluding hydrogens is 352 g/mol. The predicted molar refractivity (Wildman–Crippen MR) is 98.8 cm³/mol. The third-order valence-corrected chi connectivity index (χ3v) is 5.45. The quantitative estimate of drug-likeness (QED) is 0.713. The number of hydrogen-bond acceptors (Lipinski definition) is 4. The highest BCUT2D eigenvalue weighted by atomic mass is 32.2. The van der Waals surface area contributed by atoms with Crippen LogP contribution in [0.3, 0.4) is 0 Å². The molecule has 0 radical (unpaired) electrons. The van der Waals surface area contributed by atoms with Crippen molar-refractivity contribution in [2.45, 2.75) is 4.90 Å². The van der Waals surface area contributed by atoms with Gasteiger partial charge in [-0.3, -0.25) is 4.79 Å². The van der Waals surface area contributed by atoms with Crippen LogP contribution in [0.15, 0.2) is 59.9 Å². The molecule has 0 atom stereocenters. The molecule has 0 aliphatic heterocycles. The number of primary amides is 1. The van der Waals surface area contributed by atoms with Gasteiger partial charge in [-0.05, 0) is 36.4 Å². The van der Waals surface area contributed by atoms with Crippen LogP contribution in [0.25, 0.3) is 22.4 Å². The lowest BCUT2D eigenvalue weighted by Gasteiger charge is -2.13. The number of imidazole rings is 1. The monoisotopic (exact) mass is 370 g/mol. The predicted octanol–water partition coefficient (Wildman–Crippen LogP) is 1.76. The molecule has 0 unspecified atom stereocenters. The second-order valence-corrected chi connectivity index (χ2v) is 7.64. The number of carbonyl (C=O) groups is 1. The summed E-state index contributed by atoms with van der Waals surface area (Å²) in [5.74, 6) is -0.556. The highest BCUT2D eigenvalue weighted by Crippen LogP contribution is 2.34. The Morgan fingerprint density at radius 1 is 1.12 bits per heavy atom. The van der Waals surface area contributed by atoms with Crippen molar-refractivity contribution in [1.29, 1.82) is 0 Å². The molecule has 0 aliphatic rings. The standard InChI is InChI=1S/C18H18N4O3S/c1-20-26(24,25)12-7-8-14(13-5-3-4-6-15(13)18(19)23)16(9-12)17-10-22(2)11-21-17/h3-11,20H,1-2H3,(H2,19,23). The van der Waals surface area contributed by atoms with Crippen LogP contribution >= 0.6 is 0 Å². The Labute approximate surface area is 151 Å². The number of nitrogens with zero attached hydrogens (tertiary/aromatic N) is 2. The number of sulfonamides is 1. The number of nitrogens with one attached hydrogen (secondary N) is 1. The zero-order valence-corrected chi connectivity index (χ0v) is 15.1. The highest BCUT2D eigenvalue weighted by Gasteiger charge is 2.19. The number of rotatable bonds is 5. The lowest BCUT2D eigenvalue weighted by Crippen LogP contribution is -2.18. The molecule has 0 fully saturated rings. The van der Waals surface area contributed by atoms with E-state index in [1.54, 1.807) is 53.5 Å². The Kier molecular flexibility index (Phi) is 4.62. The maximum Gasteiger partial charge on any atom is 0.249 e. The van der Waals surface area contributed by atoms with Gasteiger partial charge in [-0.2, -0.15) is 0 Å². The summed E-state index contributed by atoms with van der Waals surface area (Å²) in [4.78, 5) is 16.3. The van der Waals surface area contributed by atoms with E-state index in [-0.39, 0.29) is 4.90 Å². The SMILES string of the molecule is CNS(=O)(=O)c1ccc(-c2ccccc2C(N)=O)c(-c2cn(C)cn2)c1. The first-order chi connectivity index (χ1) is 12.3. The van der Waals surface area contributed by atoms with Crippen molar-refractivity contribution in [2.24, 2.45) is 12.8 Å². The second kappa shape index (κ2) is 6.74. The van der Waals surface area contributed by atoms with Crippen LogP contribution in [0.2, 0.25) is 0 Å². The molecule has 0 saturated heterocycles. The minimum atomic E-state index is -3.62. The van der Waals surface area contributed by atoms with Crippen molar-refractivity contribution in [1.82, 2.24) is 14.3 Å². The summed E-state index contributed by atoms with van der Waals surface area (Å²) < 4.78 is 28.5. The fourth-order valence-corrected chi connectivity index (χ4v) is 3.50. The highest BCUT2D eigenvalue weighted by molar-refractivity contribution is 7.89. The number of aryl methyl sites for hydroxylation is 1. The summed E-state index contributed by atoms with van der Waals surface area (Å²) in [5, 5.41) is 0. The molecule has 2 aromatic carbocycles. The summed E-state index contributed by atoms with van der Waals surface area (Å²) in [6.07, 6.45) is 3.40. The zero-order chi connectivity index (χ0) is 18.9. The van der Waals surface area contributed by atoms with Gasteiger partial charge in [-0.15, -0.1) is 0 Å². The summed E-state index contributed by atoms with van der Waals surface area (Å²) in [6.45, 7) is 0. The number of nitrogens with two attached hydrogens (primary N) is 1. The normalized spacial score (nSPS) is 11.5. The van der Waals surface area contributed by atoms with Gasteiger partial charge < -0.3 is 10.3 Å². The largest absolute Gasteiger partial charge is 0.366 e. The molecule has 0 bridgehead atoms. The second-order valence-electron chi connectivity index (χ2n) is 5.75. The number of aromatic nitrogens is 2. The molecule has 0 spiro atoms. The van der Waals surface area contributed by atoms with Crippen molar-refractivity contribution in [3.63, 3.8) is 0 Å². The van der Waals surface area contributed by atoms with Crippen molar-refractivity contribution in [3.8, 4) is 22.4 Å². The van der Waals surface area contributed by atoms with E-state index in [0.717, 1.165) is 0 Å². The molecule has 7 nitrogen and oxygen atoms in total. The van der Waals surface area contributed by atoms with Gasteiger partial charge in [-0.25, -0.2) is 18.1 Å². The lowest BCUT2D eigenvalue weighted by molar-refractivity contribution is 0.100. The fourth-order valence-electron chi connectivity index (χ4n) is 2.74. The van der Waals surface area contributed by atoms with Gasteiger partial charge in [0.05, 0.1) is 16.9 Å². The third-order valence-electron chi connectivity index (χ3n) is 4.03. The summed E-state index contributed by atoms with van der Waals surface area (Å²) in [5.41, 5.74) is 8.34. The van der Waals surface area contributed by atoms with E-state index in [2.05, 4.69) is 9.71 Å². The van der Waals surface area contributed by atoms with E-state index in [0.29, 0.717) is 27.9 Å². The van der Waals surface area contributed by atoms with E-state index in [9.17, 15) is 13.2 Å². The van der Waals surface area contributed by atoms with Gasteiger partial charge in [0.2, 0.25) is 15.9 Å². The summed E-state index contributed by atoms with van der Waals surface area (Å²) in [7, 11) is -0.449. The molecule has 8 heteroatoms. The van der Waals surface area contributed by atoms with Crippen LogP contribution in [0.5, 0.6) is 0 Å². The number of amides is 1.